The first kappa shape index (κ1) is 23.9. The van der Waals surface area contributed by atoms with Gasteiger partial charge in [0, 0.05) is 31.8 Å². The monoisotopic (exact) mass is 499 g/mol. The fourth-order valence-corrected chi connectivity index (χ4v) is 2.85. The van der Waals surface area contributed by atoms with Crippen LogP contribution in [0.1, 0.15) is 22.3 Å². The van der Waals surface area contributed by atoms with Crippen molar-refractivity contribution in [2.24, 2.45) is 4.99 Å². The number of ether oxygens (including phenoxy) is 3. The van der Waals surface area contributed by atoms with E-state index in [0.29, 0.717) is 30.5 Å². The van der Waals surface area contributed by atoms with Crippen LogP contribution in [0.15, 0.2) is 35.3 Å². The van der Waals surface area contributed by atoms with Gasteiger partial charge in [0.1, 0.15) is 5.75 Å². The van der Waals surface area contributed by atoms with Gasteiger partial charge in [-0.25, -0.2) is 0 Å². The molecule has 0 bridgehead atoms. The van der Waals surface area contributed by atoms with Gasteiger partial charge in [-0.2, -0.15) is 0 Å². The summed E-state index contributed by atoms with van der Waals surface area (Å²) in [5, 5.41) is 6.66. The van der Waals surface area contributed by atoms with Crippen LogP contribution in [0, 0.1) is 13.8 Å². The summed E-state index contributed by atoms with van der Waals surface area (Å²) in [6, 6.07) is 10.2. The molecule has 7 heteroatoms. The summed E-state index contributed by atoms with van der Waals surface area (Å²) in [5.41, 5.74) is 4.72. The Morgan fingerprint density at radius 1 is 0.821 bits per heavy atom. The molecule has 0 saturated carbocycles. The molecular weight excluding hydrogens is 469 g/mol. The van der Waals surface area contributed by atoms with Gasteiger partial charge in [-0.1, -0.05) is 23.8 Å². The number of aryl methyl sites for hydroxylation is 2. The molecule has 154 valence electrons. The molecule has 0 aliphatic heterocycles. The first-order chi connectivity index (χ1) is 13.0. The summed E-state index contributed by atoms with van der Waals surface area (Å²) >= 11 is 0. The quantitative estimate of drug-likeness (QED) is 0.345. The Morgan fingerprint density at radius 3 is 1.93 bits per heavy atom. The second-order valence-electron chi connectivity index (χ2n) is 6.23. The molecule has 2 rings (SSSR count). The Bertz CT molecular complexity index is 810. The van der Waals surface area contributed by atoms with E-state index in [1.54, 1.807) is 28.4 Å². The van der Waals surface area contributed by atoms with Crippen LogP contribution in [0.25, 0.3) is 0 Å². The summed E-state index contributed by atoms with van der Waals surface area (Å²) in [7, 11) is 6.61. The largest absolute Gasteiger partial charge is 0.496 e. The minimum absolute atomic E-state index is 0. The van der Waals surface area contributed by atoms with Gasteiger partial charge in [-0.3, -0.25) is 4.99 Å². The van der Waals surface area contributed by atoms with Crippen molar-refractivity contribution >= 4 is 29.9 Å². The lowest BCUT2D eigenvalue weighted by Gasteiger charge is -2.17. The molecule has 2 aromatic rings. The van der Waals surface area contributed by atoms with Crippen molar-refractivity contribution < 1.29 is 14.2 Å². The van der Waals surface area contributed by atoms with Crippen LogP contribution in [0.2, 0.25) is 0 Å². The molecule has 2 N–H and O–H groups in total. The van der Waals surface area contributed by atoms with Crippen LogP contribution in [0.5, 0.6) is 17.2 Å². The molecule has 0 spiro atoms. The third-order valence-corrected chi connectivity index (χ3v) is 4.40. The number of methoxy groups -OCH3 is 3. The van der Waals surface area contributed by atoms with Gasteiger partial charge in [0.15, 0.2) is 17.5 Å². The Hall–Kier alpha value is -2.16. The second kappa shape index (κ2) is 11.6. The Balaban J connectivity index is 0.00000392. The summed E-state index contributed by atoms with van der Waals surface area (Å²) in [4.78, 5) is 4.29. The zero-order chi connectivity index (χ0) is 19.8. The fourth-order valence-electron chi connectivity index (χ4n) is 2.85. The number of benzene rings is 2. The van der Waals surface area contributed by atoms with Crippen molar-refractivity contribution in [3.63, 3.8) is 0 Å². The molecule has 0 aliphatic rings. The molecule has 6 nitrogen and oxygen atoms in total. The number of guanidine groups is 1. The van der Waals surface area contributed by atoms with Gasteiger partial charge >= 0.3 is 0 Å². The van der Waals surface area contributed by atoms with Crippen LogP contribution in [0.3, 0.4) is 0 Å². The molecule has 0 aliphatic carbocycles. The van der Waals surface area contributed by atoms with Gasteiger partial charge < -0.3 is 24.8 Å². The van der Waals surface area contributed by atoms with Crippen molar-refractivity contribution in [2.75, 3.05) is 28.4 Å². The van der Waals surface area contributed by atoms with Crippen LogP contribution in [-0.4, -0.2) is 34.3 Å². The summed E-state index contributed by atoms with van der Waals surface area (Å²) < 4.78 is 16.2. The maximum atomic E-state index is 5.47. The second-order valence-corrected chi connectivity index (χ2v) is 6.23. The van der Waals surface area contributed by atoms with Crippen molar-refractivity contribution in [3.8, 4) is 17.2 Å². The molecule has 0 fully saturated rings. The lowest BCUT2D eigenvalue weighted by molar-refractivity contribution is 0.347. The van der Waals surface area contributed by atoms with E-state index in [2.05, 4.69) is 47.7 Å². The number of rotatable bonds is 7. The van der Waals surface area contributed by atoms with Crippen LogP contribution >= 0.6 is 24.0 Å². The summed E-state index contributed by atoms with van der Waals surface area (Å²) in [6.45, 7) is 5.46. The van der Waals surface area contributed by atoms with Gasteiger partial charge in [0.2, 0.25) is 0 Å². The minimum atomic E-state index is 0. The maximum absolute atomic E-state index is 5.47. The van der Waals surface area contributed by atoms with Crippen LogP contribution in [-0.2, 0) is 13.1 Å². The molecule has 0 amide bonds. The molecule has 2 aromatic carbocycles. The van der Waals surface area contributed by atoms with Crippen LogP contribution < -0.4 is 24.8 Å². The molecule has 0 heterocycles. The number of nitrogens with zero attached hydrogens (tertiary/aromatic N) is 1. The molecule has 0 saturated heterocycles. The Labute approximate surface area is 184 Å². The summed E-state index contributed by atoms with van der Waals surface area (Å²) in [6.07, 6.45) is 0. The van der Waals surface area contributed by atoms with Crippen molar-refractivity contribution in [2.45, 2.75) is 26.9 Å². The summed E-state index contributed by atoms with van der Waals surface area (Å²) in [5.74, 6) is 2.74. The number of hydrogen-bond donors (Lipinski definition) is 2. The highest BCUT2D eigenvalue weighted by Gasteiger charge is 2.12. The van der Waals surface area contributed by atoms with Crippen molar-refractivity contribution in [1.29, 1.82) is 0 Å². The third-order valence-electron chi connectivity index (χ3n) is 4.40. The molecule has 0 radical (unpaired) electrons. The van der Waals surface area contributed by atoms with Gasteiger partial charge in [-0.15, -0.1) is 24.0 Å². The van der Waals surface area contributed by atoms with E-state index in [-0.39, 0.29) is 24.0 Å². The predicted molar refractivity (Wildman–Crippen MR) is 124 cm³/mol. The maximum Gasteiger partial charge on any atom is 0.191 e. The van der Waals surface area contributed by atoms with Crippen molar-refractivity contribution in [1.82, 2.24) is 10.6 Å². The third kappa shape index (κ3) is 6.19. The number of hydrogen-bond acceptors (Lipinski definition) is 4. The minimum Gasteiger partial charge on any atom is -0.496 e. The van der Waals surface area contributed by atoms with E-state index < -0.39 is 0 Å². The molecule has 0 atom stereocenters. The lowest BCUT2D eigenvalue weighted by atomic mass is 10.1. The standard InChI is InChI=1S/C21H29N3O3.HI/c1-14-7-8-16(15(2)9-14)12-23-21(22-3)24-13-17-10-19(26-5)20(27-6)11-18(17)25-4;/h7-11H,12-13H2,1-6H3,(H2,22,23,24);1H. The Morgan fingerprint density at radius 2 is 1.39 bits per heavy atom. The van der Waals surface area contributed by atoms with Gasteiger partial charge in [-0.05, 0) is 31.0 Å². The van der Waals surface area contributed by atoms with E-state index in [0.717, 1.165) is 11.3 Å². The van der Waals surface area contributed by atoms with Gasteiger partial charge in [0.05, 0.1) is 21.3 Å². The van der Waals surface area contributed by atoms with E-state index in [4.69, 9.17) is 14.2 Å². The van der Waals surface area contributed by atoms with E-state index in [1.807, 2.05) is 12.1 Å². The SMILES string of the molecule is CN=C(NCc1ccc(C)cc1C)NCc1cc(OC)c(OC)cc1OC.I. The zero-order valence-corrected chi connectivity index (χ0v) is 19.7. The van der Waals surface area contributed by atoms with E-state index in [9.17, 15) is 0 Å². The average molecular weight is 499 g/mol. The lowest BCUT2D eigenvalue weighted by Crippen LogP contribution is -2.36. The number of nitrogens with one attached hydrogen (secondary N) is 2. The fraction of sp³-hybridized carbons (Fsp3) is 0.381. The highest BCUT2D eigenvalue weighted by molar-refractivity contribution is 14.0. The van der Waals surface area contributed by atoms with Crippen molar-refractivity contribution in [3.05, 3.63) is 52.6 Å². The van der Waals surface area contributed by atoms with Gasteiger partial charge in [0.25, 0.3) is 0 Å². The van der Waals surface area contributed by atoms with E-state index >= 15 is 0 Å². The number of halogens is 1. The van der Waals surface area contributed by atoms with Crippen LogP contribution in [0.4, 0.5) is 0 Å². The Kier molecular flexibility index (Phi) is 9.92. The molecule has 28 heavy (non-hydrogen) atoms. The molecule has 0 unspecified atom stereocenters. The number of aliphatic imine (C=N–C) groups is 1. The predicted octanol–water partition coefficient (Wildman–Crippen LogP) is 3.81. The topological polar surface area (TPSA) is 64.1 Å². The highest BCUT2D eigenvalue weighted by atomic mass is 127. The average Bonchev–Trinajstić information content (AvgIpc) is 2.68. The van der Waals surface area contributed by atoms with E-state index in [1.165, 1.54) is 16.7 Å². The zero-order valence-electron chi connectivity index (χ0n) is 17.4. The first-order valence-corrected chi connectivity index (χ1v) is 8.81. The first-order valence-electron chi connectivity index (χ1n) is 8.81. The molecule has 0 aromatic heterocycles. The highest BCUT2D eigenvalue weighted by Crippen LogP contribution is 2.34. The normalized spacial score (nSPS) is 10.7. The molecular formula is C21H30IN3O3. The smallest absolute Gasteiger partial charge is 0.191 e.